The fraction of sp³-hybridized carbons (Fsp3) is 0.600. The Morgan fingerprint density at radius 1 is 1.71 bits per heavy atom. The molecule has 1 unspecified atom stereocenters. The van der Waals surface area contributed by atoms with E-state index in [-0.39, 0.29) is 5.78 Å². The van der Waals surface area contributed by atoms with Gasteiger partial charge in [-0.1, -0.05) is 5.16 Å². The molecule has 1 atom stereocenters. The monoisotopic (exact) mass is 195 g/mol. The summed E-state index contributed by atoms with van der Waals surface area (Å²) in [7, 11) is 0. The van der Waals surface area contributed by atoms with E-state index in [0.29, 0.717) is 17.2 Å². The molecule has 1 saturated heterocycles. The van der Waals surface area contributed by atoms with Crippen LogP contribution in [0.25, 0.3) is 0 Å². The Morgan fingerprint density at radius 3 is 3.21 bits per heavy atom. The Labute approximate surface area is 82.2 Å². The highest BCUT2D eigenvalue weighted by atomic mass is 16.5. The molecule has 4 nitrogen and oxygen atoms in total. The lowest BCUT2D eigenvalue weighted by molar-refractivity contribution is 0.101. The van der Waals surface area contributed by atoms with Crippen LogP contribution in [0.5, 0.6) is 0 Å². The summed E-state index contributed by atoms with van der Waals surface area (Å²) in [6.07, 6.45) is 3.29. The first-order chi connectivity index (χ1) is 6.77. The minimum atomic E-state index is 0.0140. The lowest BCUT2D eigenvalue weighted by Gasteiger charge is -2.03. The van der Waals surface area contributed by atoms with Gasteiger partial charge < -0.3 is 9.26 Å². The lowest BCUT2D eigenvalue weighted by Crippen LogP contribution is -2.05. The van der Waals surface area contributed by atoms with Gasteiger partial charge >= 0.3 is 0 Å². The molecule has 0 bridgehead atoms. The largest absolute Gasteiger partial charge is 0.381 e. The predicted octanol–water partition coefficient (Wildman–Crippen LogP) is 1.46. The first-order valence-electron chi connectivity index (χ1n) is 4.79. The number of ketones is 1. The molecule has 76 valence electrons. The molecule has 1 aromatic heterocycles. The molecule has 2 rings (SSSR count). The number of hydrogen-bond donors (Lipinski definition) is 0. The summed E-state index contributed by atoms with van der Waals surface area (Å²) in [5, 5.41) is 3.65. The number of hydrogen-bond acceptors (Lipinski definition) is 4. The van der Waals surface area contributed by atoms with E-state index in [1.807, 2.05) is 0 Å². The van der Waals surface area contributed by atoms with E-state index in [1.54, 1.807) is 0 Å². The Balaban J connectivity index is 2.07. The van der Waals surface area contributed by atoms with Crippen LogP contribution in [0.4, 0.5) is 0 Å². The Morgan fingerprint density at radius 2 is 2.57 bits per heavy atom. The van der Waals surface area contributed by atoms with Gasteiger partial charge in [0.1, 0.15) is 5.76 Å². The molecule has 0 amide bonds. The van der Waals surface area contributed by atoms with Crippen molar-refractivity contribution in [3.63, 3.8) is 0 Å². The van der Waals surface area contributed by atoms with E-state index >= 15 is 0 Å². The van der Waals surface area contributed by atoms with E-state index in [4.69, 9.17) is 9.26 Å². The number of carbonyl (C=O) groups is 1. The first kappa shape index (κ1) is 9.40. The maximum atomic E-state index is 11.2. The van der Waals surface area contributed by atoms with Gasteiger partial charge in [0.2, 0.25) is 0 Å². The van der Waals surface area contributed by atoms with Gasteiger partial charge in [-0.05, 0) is 19.3 Å². The quantitative estimate of drug-likeness (QED) is 0.685. The lowest BCUT2D eigenvalue weighted by atomic mass is 10.0. The highest BCUT2D eigenvalue weighted by Crippen LogP contribution is 2.20. The molecule has 1 fully saturated rings. The topological polar surface area (TPSA) is 52.3 Å². The van der Waals surface area contributed by atoms with E-state index < -0.39 is 0 Å². The number of rotatable bonds is 3. The zero-order valence-corrected chi connectivity index (χ0v) is 8.16. The summed E-state index contributed by atoms with van der Waals surface area (Å²) in [5.74, 6) is 1.19. The summed E-state index contributed by atoms with van der Waals surface area (Å²) >= 11 is 0. The predicted molar refractivity (Wildman–Crippen MR) is 49.1 cm³/mol. The Kier molecular flexibility index (Phi) is 2.63. The van der Waals surface area contributed by atoms with Crippen LogP contribution >= 0.6 is 0 Å². The minimum Gasteiger partial charge on any atom is -0.381 e. The normalized spacial score (nSPS) is 21.4. The average molecular weight is 195 g/mol. The van der Waals surface area contributed by atoms with Crippen molar-refractivity contribution in [2.24, 2.45) is 5.92 Å². The van der Waals surface area contributed by atoms with Crippen molar-refractivity contribution in [3.05, 3.63) is 17.5 Å². The van der Waals surface area contributed by atoms with E-state index in [9.17, 15) is 4.79 Å². The van der Waals surface area contributed by atoms with Crippen molar-refractivity contribution >= 4 is 5.78 Å². The molecule has 4 heteroatoms. The van der Waals surface area contributed by atoms with Gasteiger partial charge in [-0.15, -0.1) is 0 Å². The maximum Gasteiger partial charge on any atom is 0.164 e. The Bertz CT molecular complexity index is 326. The van der Waals surface area contributed by atoms with Crippen LogP contribution in [0.2, 0.25) is 0 Å². The van der Waals surface area contributed by atoms with Crippen molar-refractivity contribution in [1.29, 1.82) is 0 Å². The van der Waals surface area contributed by atoms with Crippen LogP contribution in [-0.2, 0) is 11.2 Å². The summed E-state index contributed by atoms with van der Waals surface area (Å²) in [5.41, 5.74) is 0.608. The smallest absolute Gasteiger partial charge is 0.164 e. The van der Waals surface area contributed by atoms with Crippen molar-refractivity contribution in [2.75, 3.05) is 13.2 Å². The second-order valence-electron chi connectivity index (χ2n) is 3.65. The summed E-state index contributed by atoms with van der Waals surface area (Å²) < 4.78 is 10.3. The zero-order chi connectivity index (χ0) is 9.97. The number of Topliss-reactive ketones (excluding diaryl/α,β-unsaturated/α-hetero) is 1. The molecule has 0 radical (unpaired) electrons. The SMILES string of the molecule is CC(=O)c1cnoc1CC1CCOC1. The van der Waals surface area contributed by atoms with Crippen LogP contribution in [0.1, 0.15) is 29.5 Å². The standard InChI is InChI=1S/C10H13NO3/c1-7(12)9-5-11-14-10(9)4-8-2-3-13-6-8/h5,8H,2-4,6H2,1H3. The molecule has 14 heavy (non-hydrogen) atoms. The molecule has 0 spiro atoms. The van der Waals surface area contributed by atoms with Crippen LogP contribution in [0.3, 0.4) is 0 Å². The van der Waals surface area contributed by atoms with Crippen LogP contribution < -0.4 is 0 Å². The summed E-state index contributed by atoms with van der Waals surface area (Å²) in [6, 6.07) is 0. The molecule has 0 aromatic carbocycles. The van der Waals surface area contributed by atoms with Gasteiger partial charge in [0.15, 0.2) is 5.78 Å². The second kappa shape index (κ2) is 3.92. The fourth-order valence-electron chi connectivity index (χ4n) is 1.70. The molecule has 0 saturated carbocycles. The number of nitrogens with zero attached hydrogens (tertiary/aromatic N) is 1. The van der Waals surface area contributed by atoms with Crippen molar-refractivity contribution in [2.45, 2.75) is 19.8 Å². The van der Waals surface area contributed by atoms with Crippen molar-refractivity contribution < 1.29 is 14.1 Å². The first-order valence-corrected chi connectivity index (χ1v) is 4.79. The Hall–Kier alpha value is -1.16. The van der Waals surface area contributed by atoms with Crippen molar-refractivity contribution in [1.82, 2.24) is 5.16 Å². The molecule has 1 aliphatic rings. The molecule has 2 heterocycles. The van der Waals surface area contributed by atoms with Crippen LogP contribution in [0, 0.1) is 5.92 Å². The van der Waals surface area contributed by atoms with E-state index in [2.05, 4.69) is 5.16 Å². The molecule has 1 aromatic rings. The highest BCUT2D eigenvalue weighted by molar-refractivity contribution is 5.94. The third kappa shape index (κ3) is 1.85. The zero-order valence-electron chi connectivity index (χ0n) is 8.16. The molecule has 1 aliphatic heterocycles. The maximum absolute atomic E-state index is 11.2. The van der Waals surface area contributed by atoms with E-state index in [0.717, 1.165) is 26.1 Å². The fourth-order valence-corrected chi connectivity index (χ4v) is 1.70. The van der Waals surface area contributed by atoms with Gasteiger partial charge in [0, 0.05) is 19.6 Å². The van der Waals surface area contributed by atoms with Gasteiger partial charge in [-0.2, -0.15) is 0 Å². The van der Waals surface area contributed by atoms with Gasteiger partial charge in [0.05, 0.1) is 11.8 Å². The molecule has 0 aliphatic carbocycles. The van der Waals surface area contributed by atoms with Crippen molar-refractivity contribution in [3.8, 4) is 0 Å². The number of aromatic nitrogens is 1. The third-order valence-corrected chi connectivity index (χ3v) is 2.52. The molecule has 0 N–H and O–H groups in total. The van der Waals surface area contributed by atoms with Gasteiger partial charge in [-0.25, -0.2) is 0 Å². The average Bonchev–Trinajstić information content (AvgIpc) is 2.75. The second-order valence-corrected chi connectivity index (χ2v) is 3.65. The third-order valence-electron chi connectivity index (χ3n) is 2.52. The highest BCUT2D eigenvalue weighted by Gasteiger charge is 2.21. The van der Waals surface area contributed by atoms with Gasteiger partial charge in [0.25, 0.3) is 0 Å². The summed E-state index contributed by atoms with van der Waals surface area (Å²) in [4.78, 5) is 11.2. The molecular formula is C10H13NO3. The molecular weight excluding hydrogens is 182 g/mol. The number of carbonyl (C=O) groups excluding carboxylic acids is 1. The van der Waals surface area contributed by atoms with Crippen LogP contribution in [0.15, 0.2) is 10.7 Å². The van der Waals surface area contributed by atoms with Crippen LogP contribution in [-0.4, -0.2) is 24.2 Å². The van der Waals surface area contributed by atoms with E-state index in [1.165, 1.54) is 13.1 Å². The van der Waals surface area contributed by atoms with Gasteiger partial charge in [-0.3, -0.25) is 4.79 Å². The summed E-state index contributed by atoms with van der Waals surface area (Å²) in [6.45, 7) is 3.10. The number of ether oxygens (including phenoxy) is 1. The minimum absolute atomic E-state index is 0.0140.